The first-order valence-electron chi connectivity index (χ1n) is 7.02. The van der Waals surface area contributed by atoms with Gasteiger partial charge in [-0.25, -0.2) is 0 Å². The summed E-state index contributed by atoms with van der Waals surface area (Å²) >= 11 is 11.5. The van der Waals surface area contributed by atoms with E-state index in [4.69, 9.17) is 27.9 Å². The van der Waals surface area contributed by atoms with Crippen LogP contribution in [-0.2, 0) is 4.74 Å². The minimum atomic E-state index is -0.644. The van der Waals surface area contributed by atoms with E-state index in [2.05, 4.69) is 6.08 Å². The molecule has 116 valence electrons. The van der Waals surface area contributed by atoms with E-state index < -0.39 is 6.10 Å². The first-order valence-corrected chi connectivity index (χ1v) is 7.93. The highest BCUT2D eigenvalue weighted by Gasteiger charge is 2.06. The van der Waals surface area contributed by atoms with Crippen LogP contribution in [0.3, 0.4) is 0 Å². The number of halogens is 2. The van der Waals surface area contributed by atoms with Crippen molar-refractivity contribution in [1.82, 2.24) is 0 Å². The molecule has 2 aromatic carbocycles. The van der Waals surface area contributed by atoms with E-state index in [0.717, 1.165) is 16.7 Å². The second-order valence-electron chi connectivity index (χ2n) is 4.91. The molecule has 0 unspecified atom stereocenters. The smallest absolute Gasteiger partial charge is 0.0908 e. The highest BCUT2D eigenvalue weighted by molar-refractivity contribution is 6.30. The number of aliphatic hydroxyl groups excluding tert-OH is 1. The lowest BCUT2D eigenvalue weighted by molar-refractivity contribution is 0.0642. The molecule has 0 spiro atoms. The number of hydrogen-bond acceptors (Lipinski definition) is 2. The molecule has 0 saturated heterocycles. The largest absolute Gasteiger partial charge is 0.389 e. The van der Waals surface area contributed by atoms with Crippen molar-refractivity contribution in [1.29, 1.82) is 0 Å². The third-order valence-corrected chi connectivity index (χ3v) is 3.71. The van der Waals surface area contributed by atoms with Gasteiger partial charge in [-0.05, 0) is 34.9 Å². The molecule has 0 heterocycles. The van der Waals surface area contributed by atoms with Gasteiger partial charge in [0.2, 0.25) is 0 Å². The van der Waals surface area contributed by atoms with Gasteiger partial charge in [0.05, 0.1) is 25.2 Å². The second-order valence-corrected chi connectivity index (χ2v) is 5.66. The van der Waals surface area contributed by atoms with Gasteiger partial charge in [0, 0.05) is 5.02 Å². The zero-order valence-electron chi connectivity index (χ0n) is 12.1. The highest BCUT2D eigenvalue weighted by Crippen LogP contribution is 2.20. The predicted octanol–water partition coefficient (Wildman–Crippen LogP) is 4.50. The molecule has 22 heavy (non-hydrogen) atoms. The van der Waals surface area contributed by atoms with Crippen molar-refractivity contribution in [3.8, 4) is 0 Å². The lowest BCUT2D eigenvalue weighted by Crippen LogP contribution is -2.17. The fourth-order valence-electron chi connectivity index (χ4n) is 1.97. The summed E-state index contributed by atoms with van der Waals surface area (Å²) < 4.78 is 5.57. The highest BCUT2D eigenvalue weighted by atomic mass is 35.5. The van der Waals surface area contributed by atoms with Crippen LogP contribution >= 0.6 is 23.2 Å². The fraction of sp³-hybridized carbons (Fsp3) is 0.222. The molecule has 0 aliphatic carbocycles. The summed E-state index contributed by atoms with van der Waals surface area (Å²) in [7, 11) is 0. The Morgan fingerprint density at radius 1 is 1.09 bits per heavy atom. The number of aliphatic hydroxyl groups is 1. The molecule has 2 aromatic rings. The Morgan fingerprint density at radius 2 is 1.77 bits per heavy atom. The molecule has 0 aliphatic heterocycles. The Balaban J connectivity index is 2.16. The van der Waals surface area contributed by atoms with Gasteiger partial charge >= 0.3 is 0 Å². The summed E-state index contributed by atoms with van der Waals surface area (Å²) in [6.45, 7) is 0.620. The van der Waals surface area contributed by atoms with Crippen molar-refractivity contribution in [2.24, 2.45) is 0 Å². The fourth-order valence-corrected chi connectivity index (χ4v) is 2.19. The first kappa shape index (κ1) is 17.0. The normalized spacial score (nSPS) is 13.1. The minimum absolute atomic E-state index is 0.168. The SMILES string of the molecule is O[C@H](CCl)COC/C(=C/c1ccc(Cl)cc1)c1ccccc1. The summed E-state index contributed by atoms with van der Waals surface area (Å²) in [5, 5.41) is 10.2. The van der Waals surface area contributed by atoms with Crippen molar-refractivity contribution in [2.75, 3.05) is 19.1 Å². The van der Waals surface area contributed by atoms with Crippen LogP contribution in [0.5, 0.6) is 0 Å². The van der Waals surface area contributed by atoms with Crippen LogP contribution in [0.1, 0.15) is 11.1 Å². The van der Waals surface area contributed by atoms with E-state index in [0.29, 0.717) is 11.6 Å². The molecule has 1 atom stereocenters. The third kappa shape index (κ3) is 5.47. The van der Waals surface area contributed by atoms with Gasteiger partial charge < -0.3 is 9.84 Å². The van der Waals surface area contributed by atoms with E-state index in [-0.39, 0.29) is 12.5 Å². The Morgan fingerprint density at radius 3 is 2.41 bits per heavy atom. The lowest BCUT2D eigenvalue weighted by atomic mass is 10.0. The van der Waals surface area contributed by atoms with Crippen LogP contribution in [0.4, 0.5) is 0 Å². The van der Waals surface area contributed by atoms with E-state index in [1.807, 2.05) is 54.6 Å². The summed E-state index contributed by atoms with van der Waals surface area (Å²) in [6, 6.07) is 17.6. The average Bonchev–Trinajstić information content (AvgIpc) is 2.56. The molecular weight excluding hydrogens is 319 g/mol. The van der Waals surface area contributed by atoms with Crippen molar-refractivity contribution in [3.05, 3.63) is 70.7 Å². The van der Waals surface area contributed by atoms with E-state index in [1.165, 1.54) is 0 Å². The first-order chi connectivity index (χ1) is 10.7. The molecular formula is C18H18Cl2O2. The van der Waals surface area contributed by atoms with Crippen LogP contribution in [0.25, 0.3) is 11.6 Å². The molecule has 0 aliphatic rings. The molecule has 0 aromatic heterocycles. The van der Waals surface area contributed by atoms with Crippen LogP contribution in [-0.4, -0.2) is 30.3 Å². The van der Waals surface area contributed by atoms with E-state index >= 15 is 0 Å². The molecule has 0 fully saturated rings. The lowest BCUT2D eigenvalue weighted by Gasteiger charge is -2.12. The molecule has 0 bridgehead atoms. The second kappa shape index (κ2) is 8.96. The van der Waals surface area contributed by atoms with Gasteiger partial charge in [-0.3, -0.25) is 0 Å². The number of alkyl halides is 1. The van der Waals surface area contributed by atoms with Gasteiger partial charge in [-0.2, -0.15) is 0 Å². The predicted molar refractivity (Wildman–Crippen MR) is 93.3 cm³/mol. The quantitative estimate of drug-likeness (QED) is 0.596. The zero-order valence-corrected chi connectivity index (χ0v) is 13.6. The third-order valence-electron chi connectivity index (χ3n) is 3.10. The number of rotatable bonds is 7. The molecule has 1 N–H and O–H groups in total. The minimum Gasteiger partial charge on any atom is -0.389 e. The van der Waals surface area contributed by atoms with Gasteiger partial charge in [-0.15, -0.1) is 11.6 Å². The topological polar surface area (TPSA) is 29.5 Å². The van der Waals surface area contributed by atoms with Crippen molar-refractivity contribution in [3.63, 3.8) is 0 Å². The maximum atomic E-state index is 9.47. The van der Waals surface area contributed by atoms with Crippen LogP contribution in [0.2, 0.25) is 5.02 Å². The number of benzene rings is 2. The zero-order chi connectivity index (χ0) is 15.8. The van der Waals surface area contributed by atoms with Crippen LogP contribution < -0.4 is 0 Å². The molecule has 0 saturated carbocycles. The van der Waals surface area contributed by atoms with Crippen molar-refractivity contribution >= 4 is 34.9 Å². The molecule has 0 radical (unpaired) electrons. The van der Waals surface area contributed by atoms with Gasteiger partial charge in [0.1, 0.15) is 0 Å². The maximum absolute atomic E-state index is 9.47. The van der Waals surface area contributed by atoms with Gasteiger partial charge in [0.25, 0.3) is 0 Å². The summed E-state index contributed by atoms with van der Waals surface area (Å²) in [4.78, 5) is 0. The van der Waals surface area contributed by atoms with Gasteiger partial charge in [0.15, 0.2) is 0 Å². The van der Waals surface area contributed by atoms with Crippen molar-refractivity contribution in [2.45, 2.75) is 6.10 Å². The Labute approximate surface area is 141 Å². The Bertz CT molecular complexity index is 594. The van der Waals surface area contributed by atoms with Crippen molar-refractivity contribution < 1.29 is 9.84 Å². The maximum Gasteiger partial charge on any atom is 0.0908 e. The number of hydrogen-bond donors (Lipinski definition) is 1. The molecule has 4 heteroatoms. The monoisotopic (exact) mass is 336 g/mol. The molecule has 0 amide bonds. The Hall–Kier alpha value is -1.32. The number of ether oxygens (including phenoxy) is 1. The Kier molecular flexibility index (Phi) is 6.94. The van der Waals surface area contributed by atoms with Gasteiger partial charge in [-0.1, -0.05) is 54.1 Å². The summed E-state index contributed by atoms with van der Waals surface area (Å²) in [6.07, 6.45) is 1.41. The summed E-state index contributed by atoms with van der Waals surface area (Å²) in [5.41, 5.74) is 3.16. The van der Waals surface area contributed by atoms with E-state index in [9.17, 15) is 5.11 Å². The van der Waals surface area contributed by atoms with Crippen LogP contribution in [0.15, 0.2) is 54.6 Å². The summed E-state index contributed by atoms with van der Waals surface area (Å²) in [5.74, 6) is 0.168. The van der Waals surface area contributed by atoms with Crippen LogP contribution in [0, 0.1) is 0 Å². The van der Waals surface area contributed by atoms with E-state index in [1.54, 1.807) is 0 Å². The molecule has 2 nitrogen and oxygen atoms in total. The average molecular weight is 337 g/mol. The standard InChI is InChI=1S/C18H18Cl2O2/c19-11-18(21)13-22-12-16(15-4-2-1-3-5-15)10-14-6-8-17(20)9-7-14/h1-10,18,21H,11-13H2/b16-10-/t18-/m1/s1. The molecule has 2 rings (SSSR count).